The van der Waals surface area contributed by atoms with E-state index in [0.717, 1.165) is 31.7 Å². The molecule has 1 saturated heterocycles. The normalized spacial score (nSPS) is 18.2. The second-order valence-corrected chi connectivity index (χ2v) is 5.34. The van der Waals surface area contributed by atoms with Crippen molar-refractivity contribution < 1.29 is 9.72 Å². The summed E-state index contributed by atoms with van der Waals surface area (Å²) >= 11 is 0. The second kappa shape index (κ2) is 6.64. The van der Waals surface area contributed by atoms with E-state index < -0.39 is 4.92 Å². The molecule has 114 valence electrons. The molecule has 1 fully saturated rings. The topological polar surface area (TPSA) is 78.7 Å². The lowest BCUT2D eigenvalue weighted by molar-refractivity contribution is -0.384. The quantitative estimate of drug-likeness (QED) is 0.661. The maximum atomic E-state index is 12.2. The summed E-state index contributed by atoms with van der Waals surface area (Å²) in [4.78, 5) is 24.6. The average Bonchev–Trinajstić information content (AvgIpc) is 2.49. The SMILES string of the molecule is C[C@H](C(=O)NN1CCN(C)CC1)c1ccc([N+](=O)[O-])cc1. The molecule has 0 aliphatic carbocycles. The van der Waals surface area contributed by atoms with Gasteiger partial charge in [-0.15, -0.1) is 0 Å². The number of amides is 1. The van der Waals surface area contributed by atoms with E-state index in [-0.39, 0.29) is 17.5 Å². The maximum absolute atomic E-state index is 12.2. The number of carbonyl (C=O) groups excluding carboxylic acids is 1. The highest BCUT2D eigenvalue weighted by atomic mass is 16.6. The van der Waals surface area contributed by atoms with Gasteiger partial charge in [0.15, 0.2) is 0 Å². The number of likely N-dealkylation sites (N-methyl/N-ethyl adjacent to an activating group) is 1. The highest BCUT2D eigenvalue weighted by Gasteiger charge is 2.20. The molecule has 1 aliphatic heterocycles. The number of piperazine rings is 1. The number of hydrogen-bond donors (Lipinski definition) is 1. The van der Waals surface area contributed by atoms with Gasteiger partial charge in [-0.3, -0.25) is 20.3 Å². The first kappa shape index (κ1) is 15.4. The van der Waals surface area contributed by atoms with E-state index in [0.29, 0.717) is 0 Å². The van der Waals surface area contributed by atoms with E-state index in [2.05, 4.69) is 17.4 Å². The molecular formula is C14H20N4O3. The number of non-ortho nitro benzene ring substituents is 1. The van der Waals surface area contributed by atoms with E-state index in [1.165, 1.54) is 12.1 Å². The third-order valence-corrected chi connectivity index (χ3v) is 3.77. The van der Waals surface area contributed by atoms with E-state index >= 15 is 0 Å². The number of rotatable bonds is 4. The van der Waals surface area contributed by atoms with Crippen LogP contribution in [0.1, 0.15) is 18.4 Å². The van der Waals surface area contributed by atoms with Crippen molar-refractivity contribution in [3.05, 3.63) is 39.9 Å². The van der Waals surface area contributed by atoms with Crippen molar-refractivity contribution >= 4 is 11.6 Å². The zero-order valence-corrected chi connectivity index (χ0v) is 12.3. The van der Waals surface area contributed by atoms with Crippen LogP contribution in [0.25, 0.3) is 0 Å². The molecule has 2 rings (SSSR count). The maximum Gasteiger partial charge on any atom is 0.269 e. The summed E-state index contributed by atoms with van der Waals surface area (Å²) in [7, 11) is 2.05. The Balaban J connectivity index is 1.94. The molecule has 21 heavy (non-hydrogen) atoms. The van der Waals surface area contributed by atoms with Crippen molar-refractivity contribution in [2.45, 2.75) is 12.8 Å². The van der Waals surface area contributed by atoms with Crippen LogP contribution in [-0.2, 0) is 4.79 Å². The Bertz CT molecular complexity index is 509. The van der Waals surface area contributed by atoms with Gasteiger partial charge >= 0.3 is 0 Å². The fourth-order valence-corrected chi connectivity index (χ4v) is 2.21. The van der Waals surface area contributed by atoms with Crippen LogP contribution in [0.2, 0.25) is 0 Å². The lowest BCUT2D eigenvalue weighted by Gasteiger charge is -2.33. The fraction of sp³-hybridized carbons (Fsp3) is 0.500. The molecule has 1 aromatic rings. The Morgan fingerprint density at radius 3 is 2.33 bits per heavy atom. The smallest absolute Gasteiger partial charge is 0.269 e. The molecule has 1 aliphatic rings. The van der Waals surface area contributed by atoms with Gasteiger partial charge in [0.2, 0.25) is 5.91 Å². The Hall–Kier alpha value is -1.99. The van der Waals surface area contributed by atoms with Crippen LogP contribution >= 0.6 is 0 Å². The van der Waals surface area contributed by atoms with Gasteiger partial charge < -0.3 is 4.90 Å². The number of carbonyl (C=O) groups is 1. The van der Waals surface area contributed by atoms with Crippen molar-refractivity contribution in [2.75, 3.05) is 33.2 Å². The van der Waals surface area contributed by atoms with Gasteiger partial charge in [-0.1, -0.05) is 12.1 Å². The number of nitrogens with zero attached hydrogens (tertiary/aromatic N) is 3. The van der Waals surface area contributed by atoms with Gasteiger partial charge in [-0.2, -0.15) is 0 Å². The number of benzene rings is 1. The minimum absolute atomic E-state index is 0.0328. The summed E-state index contributed by atoms with van der Waals surface area (Å²) in [5.74, 6) is -0.432. The molecule has 1 aromatic carbocycles. The molecule has 1 heterocycles. The lowest BCUT2D eigenvalue weighted by Crippen LogP contribution is -2.53. The van der Waals surface area contributed by atoms with Gasteiger partial charge in [-0.25, -0.2) is 5.01 Å². The fourth-order valence-electron chi connectivity index (χ4n) is 2.21. The highest BCUT2D eigenvalue weighted by molar-refractivity contribution is 5.82. The van der Waals surface area contributed by atoms with E-state index in [1.807, 2.05) is 5.01 Å². The summed E-state index contributed by atoms with van der Waals surface area (Å²) in [5, 5.41) is 12.5. The first-order valence-electron chi connectivity index (χ1n) is 6.95. The predicted molar refractivity (Wildman–Crippen MR) is 78.7 cm³/mol. The van der Waals surface area contributed by atoms with Crippen LogP contribution in [-0.4, -0.2) is 54.0 Å². The average molecular weight is 292 g/mol. The molecular weight excluding hydrogens is 272 g/mol. The molecule has 0 bridgehead atoms. The van der Waals surface area contributed by atoms with E-state index in [4.69, 9.17) is 0 Å². The van der Waals surface area contributed by atoms with Gasteiger partial charge in [0.1, 0.15) is 0 Å². The molecule has 7 heteroatoms. The number of nitro benzene ring substituents is 1. The third kappa shape index (κ3) is 3.99. The standard InChI is InChI=1S/C14H20N4O3/c1-11(12-3-5-13(6-4-12)18(20)21)14(19)15-17-9-7-16(2)8-10-17/h3-6,11H,7-10H2,1-2H3,(H,15,19)/t11-/m0/s1. The molecule has 0 spiro atoms. The Kier molecular flexibility index (Phi) is 4.87. The van der Waals surface area contributed by atoms with Crippen molar-refractivity contribution in [2.24, 2.45) is 0 Å². The molecule has 0 aromatic heterocycles. The molecule has 0 radical (unpaired) electrons. The number of nitro groups is 1. The van der Waals surface area contributed by atoms with Crippen molar-refractivity contribution in [3.8, 4) is 0 Å². The van der Waals surface area contributed by atoms with Gasteiger partial charge in [-0.05, 0) is 19.5 Å². The molecule has 1 atom stereocenters. The molecule has 0 saturated carbocycles. The second-order valence-electron chi connectivity index (χ2n) is 5.34. The van der Waals surface area contributed by atoms with E-state index in [9.17, 15) is 14.9 Å². The monoisotopic (exact) mass is 292 g/mol. The van der Waals surface area contributed by atoms with Crippen LogP contribution in [0.3, 0.4) is 0 Å². The number of hydrogen-bond acceptors (Lipinski definition) is 5. The molecule has 7 nitrogen and oxygen atoms in total. The molecule has 1 N–H and O–H groups in total. The Morgan fingerprint density at radius 2 is 1.81 bits per heavy atom. The van der Waals surface area contributed by atoms with Gasteiger partial charge in [0, 0.05) is 38.3 Å². The third-order valence-electron chi connectivity index (χ3n) is 3.77. The van der Waals surface area contributed by atoms with Crippen molar-refractivity contribution in [1.29, 1.82) is 0 Å². The van der Waals surface area contributed by atoms with Crippen LogP contribution < -0.4 is 5.43 Å². The number of hydrazine groups is 1. The van der Waals surface area contributed by atoms with Gasteiger partial charge in [0.05, 0.1) is 10.8 Å². The Morgan fingerprint density at radius 1 is 1.24 bits per heavy atom. The van der Waals surface area contributed by atoms with Crippen LogP contribution in [0.4, 0.5) is 5.69 Å². The van der Waals surface area contributed by atoms with Crippen molar-refractivity contribution in [3.63, 3.8) is 0 Å². The zero-order valence-electron chi connectivity index (χ0n) is 12.3. The van der Waals surface area contributed by atoms with Crippen LogP contribution in [0.15, 0.2) is 24.3 Å². The van der Waals surface area contributed by atoms with E-state index in [1.54, 1.807) is 19.1 Å². The molecule has 0 unspecified atom stereocenters. The summed E-state index contributed by atoms with van der Waals surface area (Å²) in [5.41, 5.74) is 3.71. The van der Waals surface area contributed by atoms with Crippen molar-refractivity contribution in [1.82, 2.24) is 15.3 Å². The minimum Gasteiger partial charge on any atom is -0.304 e. The predicted octanol–water partition coefficient (Wildman–Crippen LogP) is 0.977. The summed E-state index contributed by atoms with van der Waals surface area (Å²) in [6, 6.07) is 6.11. The summed E-state index contributed by atoms with van der Waals surface area (Å²) in [6.07, 6.45) is 0. The summed E-state index contributed by atoms with van der Waals surface area (Å²) < 4.78 is 0. The lowest BCUT2D eigenvalue weighted by atomic mass is 10.0. The summed E-state index contributed by atoms with van der Waals surface area (Å²) in [6.45, 7) is 5.25. The number of nitrogens with one attached hydrogen (secondary N) is 1. The highest BCUT2D eigenvalue weighted by Crippen LogP contribution is 2.19. The van der Waals surface area contributed by atoms with Gasteiger partial charge in [0.25, 0.3) is 5.69 Å². The van der Waals surface area contributed by atoms with Crippen LogP contribution in [0, 0.1) is 10.1 Å². The Labute approximate surface area is 123 Å². The minimum atomic E-state index is -0.446. The first-order chi connectivity index (χ1) is 9.97. The molecule has 1 amide bonds. The zero-order chi connectivity index (χ0) is 15.4. The van der Waals surface area contributed by atoms with Crippen LogP contribution in [0.5, 0.6) is 0 Å². The largest absolute Gasteiger partial charge is 0.304 e. The first-order valence-corrected chi connectivity index (χ1v) is 6.95.